The van der Waals surface area contributed by atoms with E-state index in [9.17, 15) is 0 Å². The second kappa shape index (κ2) is 5.40. The van der Waals surface area contributed by atoms with E-state index in [1.54, 1.807) is 0 Å². The molecule has 5 nitrogen and oxygen atoms in total. The SMILES string of the molecule is Cc1n[nH]c(C)c1CCN(C)Cc1cncn1C1CC1. The molecule has 5 heteroatoms. The summed E-state index contributed by atoms with van der Waals surface area (Å²) in [4.78, 5) is 6.66. The predicted molar refractivity (Wildman–Crippen MR) is 78.6 cm³/mol. The summed E-state index contributed by atoms with van der Waals surface area (Å²) in [5.41, 5.74) is 5.00. The lowest BCUT2D eigenvalue weighted by atomic mass is 10.1. The fourth-order valence-corrected chi connectivity index (χ4v) is 2.74. The van der Waals surface area contributed by atoms with Crippen LogP contribution in [0.4, 0.5) is 0 Å². The van der Waals surface area contributed by atoms with Crippen molar-refractivity contribution in [3.8, 4) is 0 Å². The first-order valence-electron chi connectivity index (χ1n) is 7.35. The highest BCUT2D eigenvalue weighted by molar-refractivity contribution is 5.23. The highest BCUT2D eigenvalue weighted by atomic mass is 15.2. The number of hydrogen-bond acceptors (Lipinski definition) is 3. The van der Waals surface area contributed by atoms with Crippen LogP contribution in [0, 0.1) is 13.8 Å². The molecule has 20 heavy (non-hydrogen) atoms. The second-order valence-electron chi connectivity index (χ2n) is 5.92. The first kappa shape index (κ1) is 13.4. The number of imidazole rings is 1. The van der Waals surface area contributed by atoms with Crippen LogP contribution in [-0.2, 0) is 13.0 Å². The molecular weight excluding hydrogens is 250 g/mol. The zero-order chi connectivity index (χ0) is 14.1. The molecule has 0 unspecified atom stereocenters. The van der Waals surface area contributed by atoms with Crippen LogP contribution >= 0.6 is 0 Å². The summed E-state index contributed by atoms with van der Waals surface area (Å²) in [6.07, 6.45) is 7.64. The minimum Gasteiger partial charge on any atom is -0.330 e. The number of aryl methyl sites for hydroxylation is 2. The first-order chi connectivity index (χ1) is 9.65. The summed E-state index contributed by atoms with van der Waals surface area (Å²) in [5.74, 6) is 0. The number of hydrogen-bond donors (Lipinski definition) is 1. The van der Waals surface area contributed by atoms with Gasteiger partial charge in [0.1, 0.15) is 0 Å². The molecule has 2 aromatic rings. The van der Waals surface area contributed by atoms with Gasteiger partial charge in [-0.2, -0.15) is 5.10 Å². The van der Waals surface area contributed by atoms with Crippen molar-refractivity contribution in [1.29, 1.82) is 0 Å². The van der Waals surface area contributed by atoms with Crippen molar-refractivity contribution in [3.05, 3.63) is 35.2 Å². The van der Waals surface area contributed by atoms with Crippen LogP contribution < -0.4 is 0 Å². The summed E-state index contributed by atoms with van der Waals surface area (Å²) in [6.45, 7) is 6.17. The van der Waals surface area contributed by atoms with Crippen molar-refractivity contribution < 1.29 is 0 Å². The van der Waals surface area contributed by atoms with E-state index in [4.69, 9.17) is 0 Å². The van der Waals surface area contributed by atoms with Crippen LogP contribution in [0.1, 0.15) is 41.5 Å². The van der Waals surface area contributed by atoms with Crippen molar-refractivity contribution in [2.24, 2.45) is 0 Å². The molecule has 0 spiro atoms. The third kappa shape index (κ3) is 2.77. The molecule has 0 saturated heterocycles. The molecule has 1 saturated carbocycles. The highest BCUT2D eigenvalue weighted by Crippen LogP contribution is 2.35. The molecule has 0 atom stereocenters. The molecule has 1 N–H and O–H groups in total. The number of H-pyrrole nitrogens is 1. The summed E-state index contributed by atoms with van der Waals surface area (Å²) >= 11 is 0. The van der Waals surface area contributed by atoms with E-state index >= 15 is 0 Å². The fourth-order valence-electron chi connectivity index (χ4n) is 2.74. The maximum atomic E-state index is 4.30. The Morgan fingerprint density at radius 3 is 2.85 bits per heavy atom. The Bertz CT molecular complexity index is 559. The third-order valence-electron chi connectivity index (χ3n) is 4.14. The minimum absolute atomic E-state index is 0.708. The zero-order valence-electron chi connectivity index (χ0n) is 12.6. The number of aromatic nitrogens is 4. The molecule has 1 aliphatic carbocycles. The van der Waals surface area contributed by atoms with Gasteiger partial charge in [-0.15, -0.1) is 0 Å². The number of aromatic amines is 1. The molecule has 1 fully saturated rings. The van der Waals surface area contributed by atoms with E-state index in [0.29, 0.717) is 6.04 Å². The van der Waals surface area contributed by atoms with Gasteiger partial charge >= 0.3 is 0 Å². The third-order valence-corrected chi connectivity index (χ3v) is 4.14. The van der Waals surface area contributed by atoms with Gasteiger partial charge in [-0.3, -0.25) is 5.10 Å². The molecular formula is C15H23N5. The zero-order valence-corrected chi connectivity index (χ0v) is 12.6. The normalized spacial score (nSPS) is 15.2. The van der Waals surface area contributed by atoms with Crippen molar-refractivity contribution in [3.63, 3.8) is 0 Å². The number of nitrogens with one attached hydrogen (secondary N) is 1. The van der Waals surface area contributed by atoms with Crippen LogP contribution in [0.25, 0.3) is 0 Å². The Labute approximate surface area is 120 Å². The Hall–Kier alpha value is -1.62. The molecule has 0 radical (unpaired) electrons. The highest BCUT2D eigenvalue weighted by Gasteiger charge is 2.25. The topological polar surface area (TPSA) is 49.7 Å². The van der Waals surface area contributed by atoms with E-state index in [2.05, 4.69) is 45.5 Å². The van der Waals surface area contributed by atoms with Gasteiger partial charge in [0.05, 0.1) is 17.7 Å². The van der Waals surface area contributed by atoms with Crippen LogP contribution in [0.3, 0.4) is 0 Å². The largest absolute Gasteiger partial charge is 0.330 e. The summed E-state index contributed by atoms with van der Waals surface area (Å²) in [7, 11) is 2.18. The van der Waals surface area contributed by atoms with Gasteiger partial charge in [-0.05, 0) is 45.7 Å². The second-order valence-corrected chi connectivity index (χ2v) is 5.92. The lowest BCUT2D eigenvalue weighted by molar-refractivity contribution is 0.321. The van der Waals surface area contributed by atoms with Crippen molar-refractivity contribution in [1.82, 2.24) is 24.6 Å². The van der Waals surface area contributed by atoms with Crippen LogP contribution in [0.5, 0.6) is 0 Å². The average molecular weight is 273 g/mol. The molecule has 2 heterocycles. The summed E-state index contributed by atoms with van der Waals surface area (Å²) in [5, 5.41) is 7.31. The smallest absolute Gasteiger partial charge is 0.0951 e. The van der Waals surface area contributed by atoms with Gasteiger partial charge in [0.2, 0.25) is 0 Å². The van der Waals surface area contributed by atoms with Gasteiger partial charge in [-0.25, -0.2) is 4.98 Å². The molecule has 0 aliphatic heterocycles. The molecule has 1 aliphatic rings. The van der Waals surface area contributed by atoms with Gasteiger partial charge in [0.15, 0.2) is 0 Å². The van der Waals surface area contributed by atoms with Gasteiger partial charge in [0, 0.05) is 31.0 Å². The average Bonchev–Trinajstić information content (AvgIpc) is 3.08. The molecule has 3 rings (SSSR count). The quantitative estimate of drug-likeness (QED) is 0.878. The van der Waals surface area contributed by atoms with Crippen LogP contribution in [0.2, 0.25) is 0 Å². The van der Waals surface area contributed by atoms with E-state index in [0.717, 1.165) is 25.2 Å². The molecule has 0 bridgehead atoms. The van der Waals surface area contributed by atoms with Crippen molar-refractivity contribution in [2.75, 3.05) is 13.6 Å². The first-order valence-corrected chi connectivity index (χ1v) is 7.35. The Morgan fingerprint density at radius 2 is 2.20 bits per heavy atom. The molecule has 0 amide bonds. The van der Waals surface area contributed by atoms with Gasteiger partial charge in [-0.1, -0.05) is 0 Å². The molecule has 108 valence electrons. The monoisotopic (exact) mass is 273 g/mol. The maximum Gasteiger partial charge on any atom is 0.0951 e. The molecule has 2 aromatic heterocycles. The van der Waals surface area contributed by atoms with Gasteiger partial charge in [0.25, 0.3) is 0 Å². The summed E-state index contributed by atoms with van der Waals surface area (Å²) in [6, 6.07) is 0.708. The number of nitrogens with zero attached hydrogens (tertiary/aromatic N) is 4. The lowest BCUT2D eigenvalue weighted by Crippen LogP contribution is -2.22. The van der Waals surface area contributed by atoms with Crippen molar-refractivity contribution in [2.45, 2.75) is 45.7 Å². The lowest BCUT2D eigenvalue weighted by Gasteiger charge is -2.17. The van der Waals surface area contributed by atoms with E-state index < -0.39 is 0 Å². The molecule has 0 aromatic carbocycles. The Balaban J connectivity index is 1.57. The van der Waals surface area contributed by atoms with Crippen LogP contribution in [0.15, 0.2) is 12.5 Å². The van der Waals surface area contributed by atoms with E-state index in [1.165, 1.54) is 29.8 Å². The number of likely N-dealkylation sites (N-methyl/N-ethyl adjacent to an activating group) is 1. The predicted octanol–water partition coefficient (Wildman–Crippen LogP) is 2.23. The fraction of sp³-hybridized carbons (Fsp3) is 0.600. The van der Waals surface area contributed by atoms with Gasteiger partial charge < -0.3 is 9.47 Å². The Kier molecular flexibility index (Phi) is 3.61. The minimum atomic E-state index is 0.708. The van der Waals surface area contributed by atoms with E-state index in [-0.39, 0.29) is 0 Å². The Morgan fingerprint density at radius 1 is 1.40 bits per heavy atom. The summed E-state index contributed by atoms with van der Waals surface area (Å²) < 4.78 is 2.34. The van der Waals surface area contributed by atoms with Crippen LogP contribution in [-0.4, -0.2) is 38.2 Å². The standard InChI is InChI=1S/C15H23N5/c1-11-15(12(2)18-17-11)6-7-19(3)9-14-8-16-10-20(14)13-4-5-13/h8,10,13H,4-7,9H2,1-3H3,(H,17,18). The van der Waals surface area contributed by atoms with E-state index in [1.807, 2.05) is 12.5 Å². The number of rotatable bonds is 6. The maximum absolute atomic E-state index is 4.30. The van der Waals surface area contributed by atoms with Crippen molar-refractivity contribution >= 4 is 0 Å².